The summed E-state index contributed by atoms with van der Waals surface area (Å²) >= 11 is 0. The zero-order valence-corrected chi connectivity index (χ0v) is 9.92. The fourth-order valence-corrected chi connectivity index (χ4v) is 1.55. The van der Waals surface area contributed by atoms with Gasteiger partial charge in [0.05, 0.1) is 12.5 Å². The van der Waals surface area contributed by atoms with Crippen LogP contribution >= 0.6 is 0 Å². The molecule has 1 heterocycles. The molecule has 0 spiro atoms. The monoisotopic (exact) mass is 268 g/mol. The molecule has 1 N–H and O–H groups in total. The molecule has 0 aromatic rings. The number of hydrogen-bond acceptors (Lipinski definition) is 4. The van der Waals surface area contributed by atoms with Crippen LogP contribution in [0, 0.1) is 0 Å². The Labute approximate surface area is 102 Å². The summed E-state index contributed by atoms with van der Waals surface area (Å²) in [5.74, 6) is -0.568. The minimum Gasteiger partial charge on any atom is -0.372 e. The minimum atomic E-state index is -4.32. The van der Waals surface area contributed by atoms with Crippen molar-refractivity contribution in [3.8, 4) is 0 Å². The van der Waals surface area contributed by atoms with Crippen molar-refractivity contribution in [2.45, 2.75) is 25.1 Å². The van der Waals surface area contributed by atoms with Crippen LogP contribution in [-0.4, -0.2) is 55.7 Å². The van der Waals surface area contributed by atoms with E-state index in [1.165, 1.54) is 7.05 Å². The lowest BCUT2D eigenvalue weighted by Gasteiger charge is -2.11. The Morgan fingerprint density at radius 2 is 2.11 bits per heavy atom. The van der Waals surface area contributed by atoms with Crippen molar-refractivity contribution in [1.82, 2.24) is 10.2 Å². The molecule has 2 amide bonds. The summed E-state index contributed by atoms with van der Waals surface area (Å²) in [6, 6.07) is -0.565. The Hall–Kier alpha value is -1.15. The van der Waals surface area contributed by atoms with Crippen LogP contribution in [0.2, 0.25) is 0 Å². The molecule has 1 atom stereocenters. The van der Waals surface area contributed by atoms with E-state index in [1.54, 1.807) is 0 Å². The fourth-order valence-electron chi connectivity index (χ4n) is 1.55. The predicted octanol–water partition coefficient (Wildman–Crippen LogP) is 0.302. The van der Waals surface area contributed by atoms with Gasteiger partial charge in [-0.05, 0) is 13.0 Å². The lowest BCUT2D eigenvalue weighted by Crippen LogP contribution is -2.37. The maximum absolute atomic E-state index is 11.7. The summed E-state index contributed by atoms with van der Waals surface area (Å²) < 4.78 is 39.6. The molecule has 1 fully saturated rings. The van der Waals surface area contributed by atoms with Gasteiger partial charge in [-0.1, -0.05) is 0 Å². The van der Waals surface area contributed by atoms with Gasteiger partial charge in [-0.15, -0.1) is 0 Å². The van der Waals surface area contributed by atoms with Crippen LogP contribution in [0.3, 0.4) is 0 Å². The standard InChI is InChI=1S/C10H15F3N2O3/c1-15-8(16)5-7(9(15)17)14-3-2-4-18-6-10(11,12)13/h7,14H,2-6H2,1H3. The second-order valence-corrected chi connectivity index (χ2v) is 4.02. The highest BCUT2D eigenvalue weighted by Gasteiger charge is 2.35. The lowest BCUT2D eigenvalue weighted by atomic mass is 10.2. The van der Waals surface area contributed by atoms with Crippen LogP contribution in [0.5, 0.6) is 0 Å². The number of nitrogens with zero attached hydrogens (tertiary/aromatic N) is 1. The van der Waals surface area contributed by atoms with Crippen LogP contribution < -0.4 is 5.32 Å². The summed E-state index contributed by atoms with van der Waals surface area (Å²) in [5.41, 5.74) is 0. The third kappa shape index (κ3) is 4.61. The first-order valence-electron chi connectivity index (χ1n) is 5.49. The number of alkyl halides is 3. The highest BCUT2D eigenvalue weighted by atomic mass is 19.4. The number of amides is 2. The van der Waals surface area contributed by atoms with Crippen molar-refractivity contribution in [1.29, 1.82) is 0 Å². The van der Waals surface area contributed by atoms with E-state index in [4.69, 9.17) is 0 Å². The Kier molecular flexibility index (Phi) is 5.09. The first kappa shape index (κ1) is 14.9. The molecule has 1 aliphatic heterocycles. The molecular weight excluding hydrogens is 253 g/mol. The number of nitrogens with one attached hydrogen (secondary N) is 1. The number of likely N-dealkylation sites (N-methyl/N-ethyl adjacent to an activating group) is 1. The van der Waals surface area contributed by atoms with E-state index in [1.807, 2.05) is 0 Å². The van der Waals surface area contributed by atoms with Crippen LogP contribution in [0.15, 0.2) is 0 Å². The van der Waals surface area contributed by atoms with E-state index in [9.17, 15) is 22.8 Å². The van der Waals surface area contributed by atoms with E-state index in [-0.39, 0.29) is 24.8 Å². The van der Waals surface area contributed by atoms with E-state index in [2.05, 4.69) is 10.1 Å². The summed E-state index contributed by atoms with van der Waals surface area (Å²) in [5, 5.41) is 2.82. The van der Waals surface area contributed by atoms with Crippen LogP contribution in [-0.2, 0) is 14.3 Å². The summed E-state index contributed by atoms with van der Waals surface area (Å²) in [6.07, 6.45) is -3.87. The molecule has 0 saturated carbocycles. The number of ether oxygens (including phenoxy) is 1. The van der Waals surface area contributed by atoms with Crippen LogP contribution in [0.4, 0.5) is 13.2 Å². The van der Waals surface area contributed by atoms with Gasteiger partial charge in [0.2, 0.25) is 11.8 Å². The number of carbonyl (C=O) groups excluding carboxylic acids is 2. The maximum atomic E-state index is 11.7. The van der Waals surface area contributed by atoms with Gasteiger partial charge < -0.3 is 10.1 Å². The molecule has 8 heteroatoms. The van der Waals surface area contributed by atoms with Gasteiger partial charge in [0.25, 0.3) is 0 Å². The smallest absolute Gasteiger partial charge is 0.372 e. The Morgan fingerprint density at radius 1 is 1.44 bits per heavy atom. The van der Waals surface area contributed by atoms with Crippen molar-refractivity contribution in [3.63, 3.8) is 0 Å². The highest BCUT2D eigenvalue weighted by molar-refractivity contribution is 6.05. The molecule has 0 bridgehead atoms. The summed E-state index contributed by atoms with van der Waals surface area (Å²) in [6.45, 7) is -0.983. The zero-order valence-electron chi connectivity index (χ0n) is 9.92. The largest absolute Gasteiger partial charge is 0.411 e. The average molecular weight is 268 g/mol. The van der Waals surface area contributed by atoms with Gasteiger partial charge >= 0.3 is 6.18 Å². The topological polar surface area (TPSA) is 58.6 Å². The summed E-state index contributed by atoms with van der Waals surface area (Å²) in [7, 11) is 1.40. The van der Waals surface area contributed by atoms with Gasteiger partial charge in [0.1, 0.15) is 6.61 Å². The Morgan fingerprint density at radius 3 is 2.61 bits per heavy atom. The SMILES string of the molecule is CN1C(=O)CC(NCCCOCC(F)(F)F)C1=O. The van der Waals surface area contributed by atoms with Crippen molar-refractivity contribution in [2.75, 3.05) is 26.8 Å². The number of carbonyl (C=O) groups is 2. The number of hydrogen-bond donors (Lipinski definition) is 1. The van der Waals surface area contributed by atoms with Crippen molar-refractivity contribution >= 4 is 11.8 Å². The third-order valence-corrected chi connectivity index (χ3v) is 2.50. The molecule has 0 aromatic heterocycles. The molecule has 5 nitrogen and oxygen atoms in total. The minimum absolute atomic E-state index is 0.0444. The lowest BCUT2D eigenvalue weighted by molar-refractivity contribution is -0.173. The Balaban J connectivity index is 2.09. The predicted molar refractivity (Wildman–Crippen MR) is 55.7 cm³/mol. The molecule has 0 aromatic carbocycles. The molecular formula is C10H15F3N2O3. The molecule has 1 saturated heterocycles. The van der Waals surface area contributed by atoms with E-state index >= 15 is 0 Å². The van der Waals surface area contributed by atoms with Gasteiger partial charge in [-0.3, -0.25) is 14.5 Å². The zero-order chi connectivity index (χ0) is 13.8. The molecule has 0 radical (unpaired) electrons. The van der Waals surface area contributed by atoms with Crippen molar-refractivity contribution in [3.05, 3.63) is 0 Å². The molecule has 0 aliphatic carbocycles. The number of imide groups is 1. The second-order valence-electron chi connectivity index (χ2n) is 4.02. The van der Waals surface area contributed by atoms with Crippen LogP contribution in [0.1, 0.15) is 12.8 Å². The van der Waals surface area contributed by atoms with Gasteiger partial charge in [0.15, 0.2) is 0 Å². The van der Waals surface area contributed by atoms with E-state index < -0.39 is 18.8 Å². The van der Waals surface area contributed by atoms with Crippen molar-refractivity contribution in [2.24, 2.45) is 0 Å². The molecule has 1 rings (SSSR count). The van der Waals surface area contributed by atoms with Gasteiger partial charge in [-0.2, -0.15) is 13.2 Å². The molecule has 18 heavy (non-hydrogen) atoms. The van der Waals surface area contributed by atoms with E-state index in [0.717, 1.165) is 4.90 Å². The second kappa shape index (κ2) is 6.14. The van der Waals surface area contributed by atoms with Gasteiger partial charge in [-0.25, -0.2) is 0 Å². The number of likely N-dealkylation sites (tertiary alicyclic amines) is 1. The third-order valence-electron chi connectivity index (χ3n) is 2.50. The average Bonchev–Trinajstić information content (AvgIpc) is 2.50. The normalized spacial score (nSPS) is 20.9. The number of rotatable bonds is 6. The fraction of sp³-hybridized carbons (Fsp3) is 0.800. The Bertz CT molecular complexity index is 320. The first-order valence-corrected chi connectivity index (χ1v) is 5.49. The van der Waals surface area contributed by atoms with E-state index in [0.29, 0.717) is 13.0 Å². The maximum Gasteiger partial charge on any atom is 0.411 e. The molecule has 1 aliphatic rings. The quantitative estimate of drug-likeness (QED) is 0.556. The first-order chi connectivity index (χ1) is 8.31. The molecule has 104 valence electrons. The molecule has 1 unspecified atom stereocenters. The number of halogens is 3. The highest BCUT2D eigenvalue weighted by Crippen LogP contribution is 2.14. The summed E-state index contributed by atoms with van der Waals surface area (Å²) in [4.78, 5) is 23.6. The van der Waals surface area contributed by atoms with Crippen LogP contribution in [0.25, 0.3) is 0 Å². The van der Waals surface area contributed by atoms with Gasteiger partial charge in [0, 0.05) is 13.7 Å². The van der Waals surface area contributed by atoms with Crippen molar-refractivity contribution < 1.29 is 27.5 Å².